The lowest BCUT2D eigenvalue weighted by Crippen LogP contribution is -2.58. The molecule has 4 heteroatoms. The fourth-order valence-electron chi connectivity index (χ4n) is 2.62. The predicted octanol–water partition coefficient (Wildman–Crippen LogP) is 2.38. The lowest BCUT2D eigenvalue weighted by atomic mass is 9.97. The minimum Gasteiger partial charge on any atom is -0.368 e. The molecule has 0 radical (unpaired) electrons. The van der Waals surface area contributed by atoms with Gasteiger partial charge in [-0.05, 0) is 51.6 Å². The molecule has 0 bridgehead atoms. The molecule has 3 nitrogen and oxygen atoms in total. The van der Waals surface area contributed by atoms with Gasteiger partial charge in [0, 0.05) is 36.9 Å². The molecule has 1 fully saturated rings. The maximum atomic E-state index is 13.4. The Balaban J connectivity index is 2.32. The zero-order valence-corrected chi connectivity index (χ0v) is 12.3. The van der Waals surface area contributed by atoms with Gasteiger partial charge >= 0.3 is 0 Å². The highest BCUT2D eigenvalue weighted by molar-refractivity contribution is 5.56. The molecule has 1 aromatic rings. The van der Waals surface area contributed by atoms with Crippen LogP contribution in [0.5, 0.6) is 0 Å². The fraction of sp³-hybridized carbons (Fsp3) is 0.600. The number of benzene rings is 1. The van der Waals surface area contributed by atoms with E-state index in [-0.39, 0.29) is 17.4 Å². The summed E-state index contributed by atoms with van der Waals surface area (Å²) in [6.45, 7) is 9.24. The number of anilines is 1. The summed E-state index contributed by atoms with van der Waals surface area (Å²) in [5.41, 5.74) is 8.05. The van der Waals surface area contributed by atoms with E-state index in [1.54, 1.807) is 6.07 Å². The van der Waals surface area contributed by atoms with Crippen molar-refractivity contribution in [2.75, 3.05) is 31.6 Å². The third kappa shape index (κ3) is 2.90. The van der Waals surface area contributed by atoms with E-state index in [4.69, 9.17) is 5.73 Å². The monoisotopic (exact) mass is 265 g/mol. The number of rotatable bonds is 2. The average molecular weight is 265 g/mol. The fourth-order valence-corrected chi connectivity index (χ4v) is 2.62. The van der Waals surface area contributed by atoms with Gasteiger partial charge in [0.05, 0.1) is 0 Å². The highest BCUT2D eigenvalue weighted by atomic mass is 19.1. The molecule has 1 atom stereocenters. The minimum atomic E-state index is -0.218. The largest absolute Gasteiger partial charge is 0.368 e. The van der Waals surface area contributed by atoms with E-state index in [0.29, 0.717) is 0 Å². The maximum absolute atomic E-state index is 13.4. The number of hydrogen-bond acceptors (Lipinski definition) is 3. The van der Waals surface area contributed by atoms with Crippen LogP contribution in [-0.2, 0) is 0 Å². The Hall–Kier alpha value is -1.13. The summed E-state index contributed by atoms with van der Waals surface area (Å²) in [5, 5.41) is 0. The van der Waals surface area contributed by atoms with Gasteiger partial charge in [-0.25, -0.2) is 4.39 Å². The van der Waals surface area contributed by atoms with Gasteiger partial charge in [-0.3, -0.25) is 4.90 Å². The van der Waals surface area contributed by atoms with Crippen molar-refractivity contribution in [3.63, 3.8) is 0 Å². The SMILES string of the molecule is C[C@@H](N)c1cc(F)ccc1N1CCN(C)C(C)(C)C1. The molecule has 2 rings (SSSR count). The Morgan fingerprint density at radius 1 is 1.32 bits per heavy atom. The Morgan fingerprint density at radius 2 is 2.00 bits per heavy atom. The van der Waals surface area contributed by atoms with Crippen molar-refractivity contribution in [3.05, 3.63) is 29.6 Å². The Labute approximate surface area is 115 Å². The molecular weight excluding hydrogens is 241 g/mol. The van der Waals surface area contributed by atoms with Crippen LogP contribution in [0, 0.1) is 5.82 Å². The standard InChI is InChI=1S/C15H24FN3/c1-11(17)13-9-12(16)5-6-14(13)19-8-7-18(4)15(2,3)10-19/h5-6,9,11H,7-8,10,17H2,1-4H3/t11-/m1/s1. The van der Waals surface area contributed by atoms with E-state index >= 15 is 0 Å². The molecule has 19 heavy (non-hydrogen) atoms. The molecule has 1 saturated heterocycles. The van der Waals surface area contributed by atoms with Crippen LogP contribution in [-0.4, -0.2) is 37.1 Å². The number of piperazine rings is 1. The van der Waals surface area contributed by atoms with E-state index in [0.717, 1.165) is 30.9 Å². The summed E-state index contributed by atoms with van der Waals surface area (Å²) in [6.07, 6.45) is 0. The zero-order chi connectivity index (χ0) is 14.2. The summed E-state index contributed by atoms with van der Waals surface area (Å²) in [4.78, 5) is 4.68. The molecule has 2 N–H and O–H groups in total. The van der Waals surface area contributed by atoms with Crippen LogP contribution < -0.4 is 10.6 Å². The molecule has 1 aliphatic heterocycles. The molecule has 0 saturated carbocycles. The van der Waals surface area contributed by atoms with Gasteiger partial charge in [0.2, 0.25) is 0 Å². The molecule has 1 aromatic carbocycles. The second-order valence-corrected chi connectivity index (χ2v) is 6.15. The van der Waals surface area contributed by atoms with E-state index in [1.807, 2.05) is 13.0 Å². The van der Waals surface area contributed by atoms with Crippen molar-refractivity contribution in [2.24, 2.45) is 5.73 Å². The Morgan fingerprint density at radius 3 is 2.58 bits per heavy atom. The van der Waals surface area contributed by atoms with Crippen LogP contribution in [0.25, 0.3) is 0 Å². The molecule has 0 spiro atoms. The molecule has 0 aliphatic carbocycles. The normalized spacial score (nSPS) is 21.5. The summed E-state index contributed by atoms with van der Waals surface area (Å²) in [5.74, 6) is -0.218. The average Bonchev–Trinajstić information content (AvgIpc) is 2.32. The van der Waals surface area contributed by atoms with Crippen molar-refractivity contribution >= 4 is 5.69 Å². The van der Waals surface area contributed by atoms with E-state index in [2.05, 4.69) is 30.7 Å². The number of nitrogens with two attached hydrogens (primary N) is 1. The lowest BCUT2D eigenvalue weighted by Gasteiger charge is -2.46. The second-order valence-electron chi connectivity index (χ2n) is 6.15. The van der Waals surface area contributed by atoms with E-state index < -0.39 is 0 Å². The summed E-state index contributed by atoms with van der Waals surface area (Å²) < 4.78 is 13.4. The van der Waals surface area contributed by atoms with Crippen LogP contribution in [0.4, 0.5) is 10.1 Å². The van der Waals surface area contributed by atoms with E-state index in [9.17, 15) is 4.39 Å². The summed E-state index contributed by atoms with van der Waals surface area (Å²) in [7, 11) is 2.15. The number of halogens is 1. The van der Waals surface area contributed by atoms with Gasteiger partial charge in [0.15, 0.2) is 0 Å². The third-order valence-electron chi connectivity index (χ3n) is 4.14. The van der Waals surface area contributed by atoms with Gasteiger partial charge in [0.1, 0.15) is 5.82 Å². The third-order valence-corrected chi connectivity index (χ3v) is 4.14. The van der Waals surface area contributed by atoms with Crippen molar-refractivity contribution in [1.29, 1.82) is 0 Å². The van der Waals surface area contributed by atoms with Crippen molar-refractivity contribution in [3.8, 4) is 0 Å². The quantitative estimate of drug-likeness (QED) is 0.891. The first-order chi connectivity index (χ1) is 8.81. The van der Waals surface area contributed by atoms with Crippen LogP contribution in [0.3, 0.4) is 0 Å². The summed E-state index contributed by atoms with van der Waals surface area (Å²) in [6, 6.07) is 4.78. The number of likely N-dealkylation sites (N-methyl/N-ethyl adjacent to an activating group) is 1. The topological polar surface area (TPSA) is 32.5 Å². The Bertz CT molecular complexity index is 457. The molecule has 0 amide bonds. The van der Waals surface area contributed by atoms with Crippen molar-refractivity contribution in [1.82, 2.24) is 4.90 Å². The van der Waals surface area contributed by atoms with Gasteiger partial charge < -0.3 is 10.6 Å². The smallest absolute Gasteiger partial charge is 0.123 e. The zero-order valence-electron chi connectivity index (χ0n) is 12.3. The van der Waals surface area contributed by atoms with Crippen LogP contribution in [0.15, 0.2) is 18.2 Å². The number of nitrogens with zero attached hydrogens (tertiary/aromatic N) is 2. The van der Waals surface area contributed by atoms with Crippen LogP contribution >= 0.6 is 0 Å². The van der Waals surface area contributed by atoms with Crippen molar-refractivity contribution in [2.45, 2.75) is 32.4 Å². The Kier molecular flexibility index (Phi) is 3.83. The first-order valence-electron chi connectivity index (χ1n) is 6.82. The first-order valence-corrected chi connectivity index (χ1v) is 6.82. The maximum Gasteiger partial charge on any atom is 0.123 e. The van der Waals surface area contributed by atoms with Gasteiger partial charge in [-0.1, -0.05) is 0 Å². The highest BCUT2D eigenvalue weighted by Gasteiger charge is 2.32. The van der Waals surface area contributed by atoms with Gasteiger partial charge in [0.25, 0.3) is 0 Å². The molecule has 106 valence electrons. The number of hydrogen-bond donors (Lipinski definition) is 1. The second kappa shape index (κ2) is 5.10. The molecule has 1 aliphatic rings. The van der Waals surface area contributed by atoms with Crippen LogP contribution in [0.1, 0.15) is 32.4 Å². The minimum absolute atomic E-state index is 0.113. The molecule has 0 unspecified atom stereocenters. The van der Waals surface area contributed by atoms with Crippen LogP contribution in [0.2, 0.25) is 0 Å². The first kappa shape index (κ1) is 14.3. The van der Waals surface area contributed by atoms with Gasteiger partial charge in [-0.2, -0.15) is 0 Å². The predicted molar refractivity (Wildman–Crippen MR) is 77.9 cm³/mol. The lowest BCUT2D eigenvalue weighted by molar-refractivity contribution is 0.138. The van der Waals surface area contributed by atoms with Crippen molar-refractivity contribution < 1.29 is 4.39 Å². The van der Waals surface area contributed by atoms with Gasteiger partial charge in [-0.15, -0.1) is 0 Å². The molecular formula is C15H24FN3. The molecule has 0 aromatic heterocycles. The summed E-state index contributed by atoms with van der Waals surface area (Å²) >= 11 is 0. The molecule has 1 heterocycles. The highest BCUT2D eigenvalue weighted by Crippen LogP contribution is 2.30. The van der Waals surface area contributed by atoms with E-state index in [1.165, 1.54) is 6.07 Å².